The number of aryl methyl sites for hydroxylation is 1. The number of hydrogen-bond acceptors (Lipinski definition) is 5. The summed E-state index contributed by atoms with van der Waals surface area (Å²) >= 11 is 1.57. The molecule has 1 amide bonds. The number of nitrogens with one attached hydrogen (secondary N) is 1. The van der Waals surface area contributed by atoms with Crippen molar-refractivity contribution in [1.82, 2.24) is 5.43 Å². The van der Waals surface area contributed by atoms with Crippen molar-refractivity contribution in [2.24, 2.45) is 5.10 Å². The summed E-state index contributed by atoms with van der Waals surface area (Å²) in [6.07, 6.45) is 1.63. The molecule has 0 unspecified atom stereocenters. The molecule has 0 aliphatic carbocycles. The topological polar surface area (TPSA) is 59.9 Å². The molecule has 0 radical (unpaired) electrons. The molecule has 0 spiro atoms. The highest BCUT2D eigenvalue weighted by Crippen LogP contribution is 2.26. The van der Waals surface area contributed by atoms with Gasteiger partial charge in [-0.25, -0.2) is 5.43 Å². The van der Waals surface area contributed by atoms with Crippen molar-refractivity contribution in [3.63, 3.8) is 0 Å². The van der Waals surface area contributed by atoms with Gasteiger partial charge in [-0.3, -0.25) is 4.79 Å². The molecular weight excluding hydrogens is 300 g/mol. The largest absolute Gasteiger partial charge is 0.490 e. The molecule has 0 bridgehead atoms. The van der Waals surface area contributed by atoms with Crippen molar-refractivity contribution in [2.45, 2.75) is 13.8 Å². The van der Waals surface area contributed by atoms with Gasteiger partial charge in [0.2, 0.25) is 0 Å². The van der Waals surface area contributed by atoms with Crippen LogP contribution >= 0.6 is 11.3 Å². The van der Waals surface area contributed by atoms with Crippen molar-refractivity contribution in [3.05, 3.63) is 46.2 Å². The van der Waals surface area contributed by atoms with Crippen LogP contribution in [-0.4, -0.2) is 25.3 Å². The molecule has 0 atom stereocenters. The van der Waals surface area contributed by atoms with Crippen LogP contribution in [-0.2, 0) is 4.79 Å². The number of para-hydroxylation sites is 2. The van der Waals surface area contributed by atoms with Crippen LogP contribution in [0.25, 0.3) is 0 Å². The Labute approximate surface area is 133 Å². The number of amides is 1. The summed E-state index contributed by atoms with van der Waals surface area (Å²) in [5.41, 5.74) is 3.57. The third kappa shape index (κ3) is 4.60. The van der Waals surface area contributed by atoms with Gasteiger partial charge in [0.05, 0.1) is 12.8 Å². The number of ether oxygens (including phenoxy) is 2. The third-order valence-electron chi connectivity index (χ3n) is 2.78. The zero-order valence-corrected chi connectivity index (χ0v) is 13.4. The lowest BCUT2D eigenvalue weighted by Gasteiger charge is -2.10. The molecule has 0 aliphatic heterocycles. The summed E-state index contributed by atoms with van der Waals surface area (Å²) in [5.74, 6) is 0.838. The average Bonchev–Trinajstić information content (AvgIpc) is 2.92. The van der Waals surface area contributed by atoms with E-state index in [9.17, 15) is 4.79 Å². The average molecular weight is 318 g/mol. The molecular formula is C16H18N2O3S. The molecule has 0 aliphatic rings. The Morgan fingerprint density at radius 2 is 2.00 bits per heavy atom. The summed E-state index contributed by atoms with van der Waals surface area (Å²) in [6, 6.07) is 9.24. The molecule has 1 aromatic heterocycles. The Bertz CT molecular complexity index is 652. The van der Waals surface area contributed by atoms with Gasteiger partial charge in [0, 0.05) is 4.88 Å². The normalized spacial score (nSPS) is 10.6. The van der Waals surface area contributed by atoms with Crippen molar-refractivity contribution in [2.75, 3.05) is 13.2 Å². The van der Waals surface area contributed by atoms with Crippen LogP contribution in [0.5, 0.6) is 11.5 Å². The van der Waals surface area contributed by atoms with Crippen LogP contribution in [0.1, 0.15) is 17.4 Å². The second kappa shape index (κ2) is 8.19. The Balaban J connectivity index is 1.83. The maximum absolute atomic E-state index is 11.7. The minimum atomic E-state index is -0.322. The van der Waals surface area contributed by atoms with Gasteiger partial charge in [0.1, 0.15) is 0 Å². The van der Waals surface area contributed by atoms with E-state index in [1.807, 2.05) is 37.4 Å². The number of carbonyl (C=O) groups is 1. The van der Waals surface area contributed by atoms with E-state index in [2.05, 4.69) is 10.5 Å². The highest BCUT2D eigenvalue weighted by molar-refractivity contribution is 7.11. The third-order valence-corrected chi connectivity index (χ3v) is 3.73. The van der Waals surface area contributed by atoms with Crippen LogP contribution in [0.15, 0.2) is 40.8 Å². The summed E-state index contributed by atoms with van der Waals surface area (Å²) in [6.45, 7) is 4.31. The molecule has 116 valence electrons. The van der Waals surface area contributed by atoms with Crippen LogP contribution in [0, 0.1) is 6.92 Å². The summed E-state index contributed by atoms with van der Waals surface area (Å²) in [4.78, 5) is 12.7. The van der Waals surface area contributed by atoms with Gasteiger partial charge in [0.15, 0.2) is 18.1 Å². The fourth-order valence-electron chi connectivity index (χ4n) is 1.70. The number of benzene rings is 1. The molecule has 5 nitrogen and oxygen atoms in total. The smallest absolute Gasteiger partial charge is 0.277 e. The first-order valence-corrected chi connectivity index (χ1v) is 7.79. The minimum Gasteiger partial charge on any atom is -0.490 e. The maximum atomic E-state index is 11.7. The Hall–Kier alpha value is -2.34. The quantitative estimate of drug-likeness (QED) is 0.630. The maximum Gasteiger partial charge on any atom is 0.277 e. The van der Waals surface area contributed by atoms with E-state index in [0.717, 1.165) is 10.4 Å². The minimum absolute atomic E-state index is 0.120. The number of hydrogen-bond donors (Lipinski definition) is 1. The summed E-state index contributed by atoms with van der Waals surface area (Å²) in [5, 5.41) is 5.90. The number of nitrogens with zero attached hydrogens (tertiary/aromatic N) is 1. The Morgan fingerprint density at radius 1 is 1.27 bits per heavy atom. The first-order valence-electron chi connectivity index (χ1n) is 6.91. The van der Waals surface area contributed by atoms with Crippen molar-refractivity contribution in [1.29, 1.82) is 0 Å². The molecule has 0 fully saturated rings. The van der Waals surface area contributed by atoms with Crippen LogP contribution in [0.3, 0.4) is 0 Å². The molecule has 1 N–H and O–H groups in total. The fourth-order valence-corrected chi connectivity index (χ4v) is 2.49. The van der Waals surface area contributed by atoms with E-state index in [-0.39, 0.29) is 12.5 Å². The van der Waals surface area contributed by atoms with Crippen LogP contribution in [0.2, 0.25) is 0 Å². The molecule has 0 saturated heterocycles. The van der Waals surface area contributed by atoms with E-state index in [1.54, 1.807) is 29.7 Å². The highest BCUT2D eigenvalue weighted by atomic mass is 32.1. The van der Waals surface area contributed by atoms with Gasteiger partial charge in [-0.15, -0.1) is 11.3 Å². The Kier molecular flexibility index (Phi) is 5.97. The lowest BCUT2D eigenvalue weighted by atomic mass is 10.3. The lowest BCUT2D eigenvalue weighted by molar-refractivity contribution is -0.123. The fraction of sp³-hybridized carbons (Fsp3) is 0.250. The van der Waals surface area contributed by atoms with Gasteiger partial charge in [0.25, 0.3) is 5.91 Å². The van der Waals surface area contributed by atoms with E-state index in [0.29, 0.717) is 18.1 Å². The van der Waals surface area contributed by atoms with Crippen molar-refractivity contribution in [3.8, 4) is 11.5 Å². The predicted octanol–water partition coefficient (Wildman–Crippen LogP) is 2.98. The van der Waals surface area contributed by atoms with E-state index in [4.69, 9.17) is 9.47 Å². The second-order valence-corrected chi connectivity index (χ2v) is 5.38. The summed E-state index contributed by atoms with van der Waals surface area (Å²) < 4.78 is 10.9. The van der Waals surface area contributed by atoms with Gasteiger partial charge < -0.3 is 9.47 Å². The predicted molar refractivity (Wildman–Crippen MR) is 87.9 cm³/mol. The van der Waals surface area contributed by atoms with Crippen LogP contribution in [0.4, 0.5) is 0 Å². The van der Waals surface area contributed by atoms with Crippen molar-refractivity contribution >= 4 is 23.5 Å². The zero-order chi connectivity index (χ0) is 15.8. The number of thiophene rings is 1. The first kappa shape index (κ1) is 16.0. The molecule has 6 heteroatoms. The molecule has 2 rings (SSSR count). The SMILES string of the molecule is CCOc1ccccc1OCC(=O)NN=Cc1sccc1C. The molecule has 0 saturated carbocycles. The molecule has 1 heterocycles. The highest BCUT2D eigenvalue weighted by Gasteiger charge is 2.06. The number of carbonyl (C=O) groups excluding carboxylic acids is 1. The Morgan fingerprint density at radius 3 is 2.64 bits per heavy atom. The standard InChI is InChI=1S/C16H18N2O3S/c1-3-20-13-6-4-5-7-14(13)21-11-16(19)18-17-10-15-12(2)8-9-22-15/h4-10H,3,11H2,1-2H3,(H,18,19). The van der Waals surface area contributed by atoms with E-state index < -0.39 is 0 Å². The van der Waals surface area contributed by atoms with Crippen molar-refractivity contribution < 1.29 is 14.3 Å². The number of hydrazone groups is 1. The van der Waals surface area contributed by atoms with E-state index in [1.165, 1.54) is 0 Å². The van der Waals surface area contributed by atoms with Gasteiger partial charge in [-0.05, 0) is 43.0 Å². The molecule has 1 aromatic carbocycles. The zero-order valence-electron chi connectivity index (χ0n) is 12.5. The van der Waals surface area contributed by atoms with Gasteiger partial charge in [-0.1, -0.05) is 12.1 Å². The lowest BCUT2D eigenvalue weighted by Crippen LogP contribution is -2.24. The molecule has 2 aromatic rings. The first-order chi connectivity index (χ1) is 10.7. The second-order valence-electron chi connectivity index (χ2n) is 4.43. The molecule has 22 heavy (non-hydrogen) atoms. The summed E-state index contributed by atoms with van der Waals surface area (Å²) in [7, 11) is 0. The van der Waals surface area contributed by atoms with Gasteiger partial charge >= 0.3 is 0 Å². The number of rotatable bonds is 7. The van der Waals surface area contributed by atoms with E-state index >= 15 is 0 Å². The monoisotopic (exact) mass is 318 g/mol. The van der Waals surface area contributed by atoms with Crippen LogP contribution < -0.4 is 14.9 Å². The van der Waals surface area contributed by atoms with Gasteiger partial charge in [-0.2, -0.15) is 5.10 Å².